The van der Waals surface area contributed by atoms with E-state index in [4.69, 9.17) is 4.74 Å². The molecule has 0 aliphatic carbocycles. The summed E-state index contributed by atoms with van der Waals surface area (Å²) in [6, 6.07) is 19.6. The highest BCUT2D eigenvalue weighted by atomic mass is 35.5. The third kappa shape index (κ3) is 7.46. The van der Waals surface area contributed by atoms with Crippen LogP contribution < -0.4 is 20.2 Å². The van der Waals surface area contributed by atoms with Crippen LogP contribution in [0, 0.1) is 0 Å². The van der Waals surface area contributed by atoms with E-state index in [1.807, 2.05) is 18.2 Å². The lowest BCUT2D eigenvalue weighted by molar-refractivity contribution is 0.176. The van der Waals surface area contributed by atoms with E-state index in [1.54, 1.807) is 13.2 Å². The Morgan fingerprint density at radius 2 is 1.78 bits per heavy atom. The van der Waals surface area contributed by atoms with Crippen LogP contribution >= 0.6 is 36.2 Å². The molecule has 1 aromatic heterocycles. The number of nitrogens with one attached hydrogen (secondary N) is 3. The molecule has 0 amide bonds. The Morgan fingerprint density at radius 1 is 1.00 bits per heavy atom. The molecule has 0 radical (unpaired) electrons. The molecule has 5 N–H and O–H groups in total. The number of aromatic nitrogens is 1. The quantitative estimate of drug-likeness (QED) is 0.178. The molecule has 10 heteroatoms. The summed E-state index contributed by atoms with van der Waals surface area (Å²) in [5.74, 6) is 0.894. The third-order valence-electron chi connectivity index (χ3n) is 5.70. The number of aromatic amines is 1. The predicted molar refractivity (Wildman–Crippen MR) is 150 cm³/mol. The fourth-order valence-electron chi connectivity index (χ4n) is 3.97. The van der Waals surface area contributed by atoms with Gasteiger partial charge >= 0.3 is 4.87 Å². The monoisotopic (exact) mass is 551 g/mol. The smallest absolute Gasteiger partial charge is 0.305 e. The summed E-state index contributed by atoms with van der Waals surface area (Å²) in [4.78, 5) is 14.0. The van der Waals surface area contributed by atoms with E-state index in [0.717, 1.165) is 42.2 Å². The van der Waals surface area contributed by atoms with E-state index >= 15 is 0 Å². The van der Waals surface area contributed by atoms with Gasteiger partial charge in [-0.15, -0.1) is 24.8 Å². The lowest BCUT2D eigenvalue weighted by atomic mass is 10.1. The van der Waals surface area contributed by atoms with Crippen LogP contribution in [-0.2, 0) is 19.5 Å². The molecular weight excluding hydrogens is 521 g/mol. The van der Waals surface area contributed by atoms with Crippen molar-refractivity contribution in [2.24, 2.45) is 0 Å². The van der Waals surface area contributed by atoms with Gasteiger partial charge in [-0.05, 0) is 36.2 Å². The number of fused-ring (bicyclic) bond motifs is 1. The summed E-state index contributed by atoms with van der Waals surface area (Å²) in [5, 5.41) is 27.3. The summed E-state index contributed by atoms with van der Waals surface area (Å²) >= 11 is 0.994. The number of aliphatic hydroxyl groups is 1. The molecule has 0 unspecified atom stereocenters. The molecule has 4 rings (SSSR count). The number of thiazole rings is 1. The number of para-hydroxylation sites is 1. The first-order valence-electron chi connectivity index (χ1n) is 11.2. The van der Waals surface area contributed by atoms with Crippen LogP contribution in [0.5, 0.6) is 11.5 Å². The first-order chi connectivity index (χ1) is 16.5. The van der Waals surface area contributed by atoms with Gasteiger partial charge in [-0.25, -0.2) is 0 Å². The van der Waals surface area contributed by atoms with Crippen LogP contribution in [-0.4, -0.2) is 35.4 Å². The van der Waals surface area contributed by atoms with Gasteiger partial charge in [0, 0.05) is 30.8 Å². The number of H-pyrrole nitrogens is 1. The first-order valence-corrected chi connectivity index (χ1v) is 12.0. The largest absolute Gasteiger partial charge is 0.506 e. The molecule has 36 heavy (non-hydrogen) atoms. The van der Waals surface area contributed by atoms with Gasteiger partial charge in [-0.3, -0.25) is 4.79 Å². The third-order valence-corrected chi connectivity index (χ3v) is 6.64. The topological polar surface area (TPSA) is 107 Å². The van der Waals surface area contributed by atoms with Crippen molar-refractivity contribution in [1.82, 2.24) is 15.6 Å². The number of benzene rings is 3. The van der Waals surface area contributed by atoms with E-state index in [0.29, 0.717) is 28.9 Å². The van der Waals surface area contributed by atoms with Gasteiger partial charge in [0.1, 0.15) is 17.0 Å². The highest BCUT2D eigenvalue weighted by Crippen LogP contribution is 2.31. The second kappa shape index (κ2) is 14.2. The summed E-state index contributed by atoms with van der Waals surface area (Å²) < 4.78 is 5.99. The number of rotatable bonds is 11. The zero-order valence-corrected chi connectivity index (χ0v) is 22.3. The molecule has 0 bridgehead atoms. The van der Waals surface area contributed by atoms with Crippen LogP contribution in [0.25, 0.3) is 10.2 Å². The molecule has 4 aromatic rings. The van der Waals surface area contributed by atoms with Crippen molar-refractivity contribution in [3.8, 4) is 11.5 Å². The number of halogens is 2. The van der Waals surface area contributed by atoms with Crippen molar-refractivity contribution >= 4 is 46.4 Å². The van der Waals surface area contributed by atoms with Gasteiger partial charge < -0.3 is 30.6 Å². The molecule has 1 atom stereocenters. The zero-order valence-electron chi connectivity index (χ0n) is 19.8. The number of phenolic OH excluding ortho intramolecular Hbond substituents is 1. The second-order valence-electron chi connectivity index (χ2n) is 8.10. The van der Waals surface area contributed by atoms with Crippen molar-refractivity contribution in [2.45, 2.75) is 25.6 Å². The Kier molecular flexibility index (Phi) is 11.7. The number of hydrogen-bond acceptors (Lipinski definition) is 7. The molecule has 0 aliphatic heterocycles. The maximum absolute atomic E-state index is 11.7. The minimum atomic E-state index is -0.778. The summed E-state index contributed by atoms with van der Waals surface area (Å²) in [6.45, 7) is 2.55. The minimum Gasteiger partial charge on any atom is -0.506 e. The maximum atomic E-state index is 11.7. The van der Waals surface area contributed by atoms with Crippen molar-refractivity contribution < 1.29 is 14.9 Å². The molecule has 194 valence electrons. The van der Waals surface area contributed by atoms with E-state index in [9.17, 15) is 15.0 Å². The Hall–Kier alpha value is -2.59. The van der Waals surface area contributed by atoms with E-state index in [-0.39, 0.29) is 35.4 Å². The van der Waals surface area contributed by atoms with Crippen LogP contribution in [0.15, 0.2) is 65.5 Å². The summed E-state index contributed by atoms with van der Waals surface area (Å²) in [5.41, 5.74) is 4.56. The molecule has 3 aromatic carbocycles. The van der Waals surface area contributed by atoms with Gasteiger partial charge in [-0.2, -0.15) is 0 Å². The van der Waals surface area contributed by atoms with Crippen molar-refractivity contribution in [2.75, 3.05) is 20.2 Å². The van der Waals surface area contributed by atoms with Gasteiger partial charge in [0.05, 0.1) is 17.9 Å². The van der Waals surface area contributed by atoms with Gasteiger partial charge in [-0.1, -0.05) is 59.9 Å². The fourth-order valence-corrected chi connectivity index (χ4v) is 4.89. The SMILES string of the molecule is COc1ccccc1CNCc1cccc(CCNC[C@H](O)c2ccc(O)c3[nH]c(=O)sc23)c1.Cl.Cl. The lowest BCUT2D eigenvalue weighted by Gasteiger charge is -2.14. The standard InChI is InChI=1S/C26H29N3O4S.2ClH/c1-33-23-8-3-2-7-19(23)15-28-14-18-6-4-5-17(13-18)11-12-27-16-22(31)20-9-10-21(30)24-25(20)34-26(32)29-24;;/h2-10,13,22,27-28,30-31H,11-12,14-16H2,1H3,(H,29,32);2*1H/t22-;;/m0../s1. The van der Waals surface area contributed by atoms with Crippen molar-refractivity contribution in [3.63, 3.8) is 0 Å². The molecule has 7 nitrogen and oxygen atoms in total. The van der Waals surface area contributed by atoms with Crippen LogP contribution in [0.4, 0.5) is 0 Å². The number of aromatic hydroxyl groups is 1. The minimum absolute atomic E-state index is 0. The Labute approximate surface area is 226 Å². The summed E-state index contributed by atoms with van der Waals surface area (Å²) in [7, 11) is 1.68. The fraction of sp³-hybridized carbons (Fsp3) is 0.269. The average molecular weight is 553 g/mol. The molecule has 1 heterocycles. The van der Waals surface area contributed by atoms with Crippen molar-refractivity contribution in [3.05, 3.63) is 92.6 Å². The molecule has 0 aliphatic rings. The Bertz CT molecular complexity index is 1310. The zero-order chi connectivity index (χ0) is 23.9. The van der Waals surface area contributed by atoms with Gasteiger partial charge in [0.2, 0.25) is 0 Å². The number of hydrogen-bond donors (Lipinski definition) is 5. The number of aliphatic hydroxyl groups excluding tert-OH is 1. The highest BCUT2D eigenvalue weighted by Gasteiger charge is 2.15. The number of methoxy groups -OCH3 is 1. The van der Waals surface area contributed by atoms with Crippen molar-refractivity contribution in [1.29, 1.82) is 0 Å². The van der Waals surface area contributed by atoms with E-state index in [2.05, 4.69) is 45.9 Å². The Balaban J connectivity index is 0.00000228. The van der Waals surface area contributed by atoms with Crippen LogP contribution in [0.1, 0.15) is 28.4 Å². The molecule has 0 saturated carbocycles. The maximum Gasteiger partial charge on any atom is 0.305 e. The van der Waals surface area contributed by atoms with Gasteiger partial charge in [0.25, 0.3) is 0 Å². The number of ether oxygens (including phenoxy) is 1. The molecule has 0 fully saturated rings. The number of phenols is 1. The summed E-state index contributed by atoms with van der Waals surface area (Å²) in [6.07, 6.45) is 0.0512. The normalized spacial score (nSPS) is 11.5. The van der Waals surface area contributed by atoms with Gasteiger partial charge in [0.15, 0.2) is 0 Å². The first kappa shape index (κ1) is 29.6. The Morgan fingerprint density at radius 3 is 2.58 bits per heavy atom. The molecule has 0 saturated heterocycles. The van der Waals surface area contributed by atoms with E-state index < -0.39 is 6.10 Å². The lowest BCUT2D eigenvalue weighted by Crippen LogP contribution is -2.24. The molecular formula is C26H31Cl2N3O4S. The highest BCUT2D eigenvalue weighted by molar-refractivity contribution is 7.16. The van der Waals surface area contributed by atoms with Crippen LogP contribution in [0.3, 0.4) is 0 Å². The van der Waals surface area contributed by atoms with Crippen LogP contribution in [0.2, 0.25) is 0 Å². The van der Waals surface area contributed by atoms with E-state index in [1.165, 1.54) is 17.2 Å². The molecule has 0 spiro atoms. The average Bonchev–Trinajstić information content (AvgIpc) is 3.25. The second-order valence-corrected chi connectivity index (χ2v) is 9.08. The predicted octanol–water partition coefficient (Wildman–Crippen LogP) is 4.30.